The Balaban J connectivity index is 2.01. The molecule has 1 aliphatic heterocycles. The number of Topliss-reactive ketones (excluding diaryl/α,β-unsaturated/α-hetero) is 1. The van der Waals surface area contributed by atoms with Crippen molar-refractivity contribution in [1.29, 1.82) is 0 Å². The highest BCUT2D eigenvalue weighted by Gasteiger charge is 2.39. The molecule has 0 spiro atoms. The third-order valence-electron chi connectivity index (χ3n) is 6.64. The molecule has 4 nitrogen and oxygen atoms in total. The van der Waals surface area contributed by atoms with Crippen molar-refractivity contribution in [1.82, 2.24) is 4.90 Å². The maximum atomic E-state index is 13.5. The minimum absolute atomic E-state index is 0.00836. The van der Waals surface area contributed by atoms with E-state index in [1.807, 2.05) is 0 Å². The smallest absolute Gasteiger partial charge is 0.306 e. The standard InChI is InChI=1S/C26H41NO3/c1-19(24(29)30)12-9-10-16-26(5,6)23(28)22-15-11-17-27(22)18-20-13-7-8-14-21(20)25(2,3)4/h7-8,13-14,19,22H,9-12,15-18H2,1-6H3,(H,29,30). The fourth-order valence-electron chi connectivity index (χ4n) is 4.64. The third kappa shape index (κ3) is 6.41. The number of carboxylic acids is 1. The van der Waals surface area contributed by atoms with E-state index in [4.69, 9.17) is 5.11 Å². The van der Waals surface area contributed by atoms with Crippen LogP contribution in [0, 0.1) is 11.3 Å². The van der Waals surface area contributed by atoms with Gasteiger partial charge in [0.05, 0.1) is 12.0 Å². The van der Waals surface area contributed by atoms with Crippen molar-refractivity contribution in [2.75, 3.05) is 6.54 Å². The van der Waals surface area contributed by atoms with Crippen LogP contribution in [0.25, 0.3) is 0 Å². The lowest BCUT2D eigenvalue weighted by molar-refractivity contribution is -0.141. The van der Waals surface area contributed by atoms with E-state index in [0.29, 0.717) is 12.2 Å². The summed E-state index contributed by atoms with van der Waals surface area (Å²) in [5.74, 6) is -0.695. The molecule has 0 aromatic heterocycles. The number of likely N-dealkylation sites (tertiary alicyclic amines) is 1. The highest BCUT2D eigenvalue weighted by molar-refractivity contribution is 5.89. The number of nitrogens with zero attached hydrogens (tertiary/aromatic N) is 1. The van der Waals surface area contributed by atoms with Gasteiger partial charge in [-0.3, -0.25) is 14.5 Å². The van der Waals surface area contributed by atoms with E-state index in [1.54, 1.807) is 6.92 Å². The van der Waals surface area contributed by atoms with Gasteiger partial charge < -0.3 is 5.11 Å². The molecule has 1 saturated heterocycles. The Hall–Kier alpha value is -1.68. The van der Waals surface area contributed by atoms with E-state index in [1.165, 1.54) is 11.1 Å². The van der Waals surface area contributed by atoms with Gasteiger partial charge in [0.15, 0.2) is 5.78 Å². The molecule has 1 N–H and O–H groups in total. The molecule has 1 fully saturated rings. The molecule has 1 aromatic carbocycles. The van der Waals surface area contributed by atoms with Crippen LogP contribution in [-0.2, 0) is 21.5 Å². The van der Waals surface area contributed by atoms with Crippen LogP contribution in [-0.4, -0.2) is 34.3 Å². The summed E-state index contributed by atoms with van der Waals surface area (Å²) >= 11 is 0. The van der Waals surface area contributed by atoms with Gasteiger partial charge in [0.25, 0.3) is 0 Å². The van der Waals surface area contributed by atoms with Gasteiger partial charge in [0.1, 0.15) is 0 Å². The van der Waals surface area contributed by atoms with Crippen LogP contribution in [0.3, 0.4) is 0 Å². The molecule has 1 aliphatic rings. The zero-order valence-corrected chi connectivity index (χ0v) is 19.8. The first-order valence-electron chi connectivity index (χ1n) is 11.5. The number of unbranched alkanes of at least 4 members (excludes halogenated alkanes) is 1. The van der Waals surface area contributed by atoms with Crippen molar-refractivity contribution in [3.8, 4) is 0 Å². The lowest BCUT2D eigenvalue weighted by Crippen LogP contribution is -2.43. The summed E-state index contributed by atoms with van der Waals surface area (Å²) in [6, 6.07) is 8.61. The summed E-state index contributed by atoms with van der Waals surface area (Å²) in [5, 5.41) is 9.03. The largest absolute Gasteiger partial charge is 0.481 e. The van der Waals surface area contributed by atoms with Crippen molar-refractivity contribution in [2.45, 2.75) is 98.1 Å². The van der Waals surface area contributed by atoms with Crippen molar-refractivity contribution < 1.29 is 14.7 Å². The van der Waals surface area contributed by atoms with Crippen LogP contribution < -0.4 is 0 Å². The third-order valence-corrected chi connectivity index (χ3v) is 6.64. The summed E-state index contributed by atoms with van der Waals surface area (Å²) < 4.78 is 0. The van der Waals surface area contributed by atoms with Gasteiger partial charge in [0.2, 0.25) is 0 Å². The van der Waals surface area contributed by atoms with E-state index >= 15 is 0 Å². The molecule has 0 aliphatic carbocycles. The Morgan fingerprint density at radius 1 is 1.13 bits per heavy atom. The molecule has 2 atom stereocenters. The van der Waals surface area contributed by atoms with E-state index in [-0.39, 0.29) is 22.8 Å². The zero-order chi connectivity index (χ0) is 22.5. The number of benzene rings is 1. The Kier molecular flexibility index (Phi) is 8.27. The van der Waals surface area contributed by atoms with Crippen LogP contribution in [0.2, 0.25) is 0 Å². The molecule has 168 valence electrons. The maximum Gasteiger partial charge on any atom is 0.306 e. The van der Waals surface area contributed by atoms with E-state index in [0.717, 1.165) is 45.2 Å². The summed E-state index contributed by atoms with van der Waals surface area (Å²) in [5.41, 5.74) is 2.39. The molecule has 2 unspecified atom stereocenters. The second-order valence-corrected chi connectivity index (χ2v) is 10.8. The van der Waals surface area contributed by atoms with Gasteiger partial charge in [-0.15, -0.1) is 0 Å². The lowest BCUT2D eigenvalue weighted by Gasteiger charge is -2.33. The van der Waals surface area contributed by atoms with Crippen molar-refractivity contribution in [3.63, 3.8) is 0 Å². The van der Waals surface area contributed by atoms with Crippen molar-refractivity contribution in [3.05, 3.63) is 35.4 Å². The molecule has 2 rings (SSSR count). The second kappa shape index (κ2) is 10.1. The van der Waals surface area contributed by atoms with Gasteiger partial charge in [-0.25, -0.2) is 0 Å². The molecule has 0 amide bonds. The van der Waals surface area contributed by atoms with Crippen molar-refractivity contribution >= 4 is 11.8 Å². The average molecular weight is 416 g/mol. The van der Waals surface area contributed by atoms with Crippen LogP contribution in [0.1, 0.15) is 91.2 Å². The van der Waals surface area contributed by atoms with Gasteiger partial charge in [-0.1, -0.05) is 78.6 Å². The molecular formula is C26H41NO3. The minimum atomic E-state index is -0.734. The number of rotatable bonds is 10. The molecule has 30 heavy (non-hydrogen) atoms. The summed E-state index contributed by atoms with van der Waals surface area (Å²) in [6.45, 7) is 14.4. The predicted octanol–water partition coefficient (Wildman–Crippen LogP) is 5.82. The Bertz CT molecular complexity index is 732. The Morgan fingerprint density at radius 2 is 1.80 bits per heavy atom. The number of carbonyl (C=O) groups is 2. The molecular weight excluding hydrogens is 374 g/mol. The molecule has 0 bridgehead atoms. The number of carboxylic acid groups (broad SMARTS) is 1. The fourth-order valence-corrected chi connectivity index (χ4v) is 4.64. The fraction of sp³-hybridized carbons (Fsp3) is 0.692. The first-order chi connectivity index (χ1) is 13.9. The molecule has 0 saturated carbocycles. The van der Waals surface area contributed by atoms with Gasteiger partial charge in [-0.05, 0) is 48.8 Å². The van der Waals surface area contributed by atoms with Gasteiger partial charge >= 0.3 is 5.97 Å². The zero-order valence-electron chi connectivity index (χ0n) is 19.8. The normalized spacial score (nSPS) is 19.1. The van der Waals surface area contributed by atoms with Crippen LogP contribution in [0.4, 0.5) is 0 Å². The Morgan fingerprint density at radius 3 is 2.43 bits per heavy atom. The Labute approximate surface area is 183 Å². The molecule has 4 heteroatoms. The number of hydrogen-bond acceptors (Lipinski definition) is 3. The average Bonchev–Trinajstić information content (AvgIpc) is 3.11. The van der Waals surface area contributed by atoms with Gasteiger partial charge in [0, 0.05) is 12.0 Å². The highest BCUT2D eigenvalue weighted by Crippen LogP contribution is 2.34. The minimum Gasteiger partial charge on any atom is -0.481 e. The monoisotopic (exact) mass is 415 g/mol. The quantitative estimate of drug-likeness (QED) is 0.489. The highest BCUT2D eigenvalue weighted by atomic mass is 16.4. The number of hydrogen-bond donors (Lipinski definition) is 1. The summed E-state index contributed by atoms with van der Waals surface area (Å²) in [7, 11) is 0. The van der Waals surface area contributed by atoms with E-state index in [9.17, 15) is 9.59 Å². The topological polar surface area (TPSA) is 57.6 Å². The van der Waals surface area contributed by atoms with Crippen molar-refractivity contribution in [2.24, 2.45) is 11.3 Å². The van der Waals surface area contributed by atoms with Gasteiger partial charge in [-0.2, -0.15) is 0 Å². The van der Waals surface area contributed by atoms with Crippen LogP contribution in [0.5, 0.6) is 0 Å². The number of aliphatic carboxylic acids is 1. The summed E-state index contributed by atoms with van der Waals surface area (Å²) in [4.78, 5) is 26.8. The SMILES string of the molecule is CC(CCCCC(C)(C)C(=O)C1CCCN1Cc1ccccc1C(C)(C)C)C(=O)O. The second-order valence-electron chi connectivity index (χ2n) is 10.8. The molecule has 1 aromatic rings. The lowest BCUT2D eigenvalue weighted by atomic mass is 9.78. The molecule has 0 radical (unpaired) electrons. The van der Waals surface area contributed by atoms with E-state index < -0.39 is 5.97 Å². The van der Waals surface area contributed by atoms with Crippen LogP contribution in [0.15, 0.2) is 24.3 Å². The van der Waals surface area contributed by atoms with Crippen LogP contribution >= 0.6 is 0 Å². The number of carbonyl (C=O) groups excluding carboxylic acids is 1. The maximum absolute atomic E-state index is 13.5. The number of ketones is 1. The predicted molar refractivity (Wildman–Crippen MR) is 123 cm³/mol. The molecule has 1 heterocycles. The first-order valence-corrected chi connectivity index (χ1v) is 11.5. The summed E-state index contributed by atoms with van der Waals surface area (Å²) in [6.07, 6.45) is 5.27. The first kappa shape index (κ1) is 24.6. The van der Waals surface area contributed by atoms with E-state index in [2.05, 4.69) is 63.8 Å².